The molecular weight excluding hydrogens is 262 g/mol. The number of carbonyl (C=O) groups excluding carboxylic acids is 1. The van der Waals surface area contributed by atoms with Gasteiger partial charge >= 0.3 is 0 Å². The van der Waals surface area contributed by atoms with Gasteiger partial charge in [0.1, 0.15) is 0 Å². The zero-order chi connectivity index (χ0) is 14.8. The van der Waals surface area contributed by atoms with Crippen LogP contribution in [-0.2, 0) is 0 Å². The van der Waals surface area contributed by atoms with E-state index in [9.17, 15) is 4.79 Å². The van der Waals surface area contributed by atoms with Gasteiger partial charge in [0.05, 0.1) is 5.69 Å². The molecule has 0 aliphatic carbocycles. The number of amides is 1. The SMILES string of the molecule is Cc1ccc(-n2nc(C(=O)N3CCCCC3)cc2C)cc1. The third-order valence-corrected chi connectivity index (χ3v) is 4.03. The lowest BCUT2D eigenvalue weighted by Crippen LogP contribution is -2.35. The zero-order valence-corrected chi connectivity index (χ0v) is 12.7. The lowest BCUT2D eigenvalue weighted by atomic mass is 10.1. The second kappa shape index (κ2) is 5.72. The first-order valence-corrected chi connectivity index (χ1v) is 7.58. The molecule has 4 heteroatoms. The highest BCUT2D eigenvalue weighted by molar-refractivity contribution is 5.92. The number of piperidine rings is 1. The fourth-order valence-electron chi connectivity index (χ4n) is 2.79. The van der Waals surface area contributed by atoms with Gasteiger partial charge in [0.2, 0.25) is 0 Å². The summed E-state index contributed by atoms with van der Waals surface area (Å²) in [6.45, 7) is 5.76. The smallest absolute Gasteiger partial charge is 0.274 e. The largest absolute Gasteiger partial charge is 0.337 e. The zero-order valence-electron chi connectivity index (χ0n) is 12.7. The van der Waals surface area contributed by atoms with Crippen molar-refractivity contribution >= 4 is 5.91 Å². The molecule has 0 unspecified atom stereocenters. The molecule has 1 aliphatic heterocycles. The van der Waals surface area contributed by atoms with E-state index in [1.165, 1.54) is 12.0 Å². The van der Waals surface area contributed by atoms with Crippen LogP contribution in [0.5, 0.6) is 0 Å². The Morgan fingerprint density at radius 3 is 2.38 bits per heavy atom. The summed E-state index contributed by atoms with van der Waals surface area (Å²) in [4.78, 5) is 14.4. The molecule has 0 bridgehead atoms. The Hall–Kier alpha value is -2.10. The van der Waals surface area contributed by atoms with Crippen LogP contribution in [0, 0.1) is 13.8 Å². The number of nitrogens with zero attached hydrogens (tertiary/aromatic N) is 3. The summed E-state index contributed by atoms with van der Waals surface area (Å²) in [5.74, 6) is 0.0589. The average molecular weight is 283 g/mol. The number of likely N-dealkylation sites (tertiary alicyclic amines) is 1. The Kier molecular flexibility index (Phi) is 3.78. The van der Waals surface area contributed by atoms with Crippen LogP contribution in [-0.4, -0.2) is 33.7 Å². The second-order valence-electron chi connectivity index (χ2n) is 5.77. The second-order valence-corrected chi connectivity index (χ2v) is 5.77. The van der Waals surface area contributed by atoms with Crippen molar-refractivity contribution in [2.45, 2.75) is 33.1 Å². The molecule has 1 saturated heterocycles. The minimum atomic E-state index is 0.0589. The van der Waals surface area contributed by atoms with E-state index in [2.05, 4.69) is 24.2 Å². The number of aromatic nitrogens is 2. The monoisotopic (exact) mass is 283 g/mol. The van der Waals surface area contributed by atoms with Gasteiger partial charge in [0.15, 0.2) is 5.69 Å². The number of hydrogen-bond acceptors (Lipinski definition) is 2. The molecule has 3 rings (SSSR count). The maximum absolute atomic E-state index is 12.5. The standard InChI is InChI=1S/C17H21N3O/c1-13-6-8-15(9-7-13)20-14(2)12-16(18-20)17(21)19-10-4-3-5-11-19/h6-9,12H,3-5,10-11H2,1-2H3. The number of benzene rings is 1. The van der Waals surface area contributed by atoms with E-state index in [1.807, 2.05) is 34.7 Å². The molecule has 1 aromatic carbocycles. The first-order valence-electron chi connectivity index (χ1n) is 7.58. The maximum Gasteiger partial charge on any atom is 0.274 e. The number of carbonyl (C=O) groups is 1. The molecule has 0 spiro atoms. The minimum absolute atomic E-state index is 0.0589. The van der Waals surface area contributed by atoms with E-state index < -0.39 is 0 Å². The van der Waals surface area contributed by atoms with Crippen molar-refractivity contribution in [3.63, 3.8) is 0 Å². The highest BCUT2D eigenvalue weighted by atomic mass is 16.2. The van der Waals surface area contributed by atoms with E-state index in [0.717, 1.165) is 37.3 Å². The van der Waals surface area contributed by atoms with Crippen LogP contribution >= 0.6 is 0 Å². The first-order chi connectivity index (χ1) is 10.1. The third kappa shape index (κ3) is 2.84. The summed E-state index contributed by atoms with van der Waals surface area (Å²) in [6.07, 6.45) is 3.42. The van der Waals surface area contributed by atoms with Crippen LogP contribution in [0.2, 0.25) is 0 Å². The van der Waals surface area contributed by atoms with Gasteiger partial charge in [-0.05, 0) is 51.3 Å². The van der Waals surface area contributed by atoms with Crippen LogP contribution < -0.4 is 0 Å². The molecular formula is C17H21N3O. The highest BCUT2D eigenvalue weighted by Crippen LogP contribution is 2.16. The van der Waals surface area contributed by atoms with Gasteiger partial charge in [-0.2, -0.15) is 5.10 Å². The van der Waals surface area contributed by atoms with Crippen molar-refractivity contribution in [1.29, 1.82) is 0 Å². The summed E-state index contributed by atoms with van der Waals surface area (Å²) in [5.41, 5.74) is 3.75. The summed E-state index contributed by atoms with van der Waals surface area (Å²) in [7, 11) is 0. The van der Waals surface area contributed by atoms with Crippen LogP contribution in [0.1, 0.15) is 41.0 Å². The quantitative estimate of drug-likeness (QED) is 0.849. The average Bonchev–Trinajstić information content (AvgIpc) is 2.90. The molecule has 2 aromatic rings. The molecule has 1 aromatic heterocycles. The van der Waals surface area contributed by atoms with Crippen molar-refractivity contribution in [2.75, 3.05) is 13.1 Å². The number of aryl methyl sites for hydroxylation is 2. The lowest BCUT2D eigenvalue weighted by molar-refractivity contribution is 0.0718. The summed E-state index contributed by atoms with van der Waals surface area (Å²) >= 11 is 0. The fourth-order valence-corrected chi connectivity index (χ4v) is 2.79. The van der Waals surface area contributed by atoms with Crippen LogP contribution in [0.25, 0.3) is 5.69 Å². The van der Waals surface area contributed by atoms with Crippen LogP contribution in [0.3, 0.4) is 0 Å². The highest BCUT2D eigenvalue weighted by Gasteiger charge is 2.21. The van der Waals surface area contributed by atoms with E-state index in [1.54, 1.807) is 0 Å². The van der Waals surface area contributed by atoms with Gasteiger partial charge < -0.3 is 4.90 Å². The molecule has 1 amide bonds. The normalized spacial score (nSPS) is 15.2. The van der Waals surface area contributed by atoms with Gasteiger partial charge in [-0.15, -0.1) is 0 Å². The van der Waals surface area contributed by atoms with Crippen LogP contribution in [0.15, 0.2) is 30.3 Å². The van der Waals surface area contributed by atoms with Crippen molar-refractivity contribution < 1.29 is 4.79 Å². The molecule has 21 heavy (non-hydrogen) atoms. The predicted molar refractivity (Wildman–Crippen MR) is 82.8 cm³/mol. The van der Waals surface area contributed by atoms with E-state index in [0.29, 0.717) is 5.69 Å². The summed E-state index contributed by atoms with van der Waals surface area (Å²) in [5, 5.41) is 4.51. The van der Waals surface area contributed by atoms with E-state index >= 15 is 0 Å². The molecule has 0 atom stereocenters. The number of hydrogen-bond donors (Lipinski definition) is 0. The number of rotatable bonds is 2. The molecule has 0 N–H and O–H groups in total. The Morgan fingerprint density at radius 2 is 1.71 bits per heavy atom. The van der Waals surface area contributed by atoms with E-state index in [4.69, 9.17) is 0 Å². The Balaban J connectivity index is 1.86. The molecule has 1 fully saturated rings. The lowest BCUT2D eigenvalue weighted by Gasteiger charge is -2.25. The van der Waals surface area contributed by atoms with Crippen molar-refractivity contribution in [2.24, 2.45) is 0 Å². The first kappa shape index (κ1) is 13.9. The van der Waals surface area contributed by atoms with Gasteiger partial charge in [-0.1, -0.05) is 17.7 Å². The van der Waals surface area contributed by atoms with Gasteiger partial charge in [-0.25, -0.2) is 4.68 Å². The summed E-state index contributed by atoms with van der Waals surface area (Å²) in [6, 6.07) is 10.1. The van der Waals surface area contributed by atoms with Crippen molar-refractivity contribution in [3.8, 4) is 5.69 Å². The Morgan fingerprint density at radius 1 is 1.05 bits per heavy atom. The van der Waals surface area contributed by atoms with E-state index in [-0.39, 0.29) is 5.91 Å². The fraction of sp³-hybridized carbons (Fsp3) is 0.412. The maximum atomic E-state index is 12.5. The molecule has 110 valence electrons. The minimum Gasteiger partial charge on any atom is -0.337 e. The van der Waals surface area contributed by atoms with Gasteiger partial charge in [0, 0.05) is 18.8 Å². The van der Waals surface area contributed by atoms with Crippen LogP contribution in [0.4, 0.5) is 0 Å². The Bertz CT molecular complexity index is 637. The van der Waals surface area contributed by atoms with Crippen molar-refractivity contribution in [3.05, 3.63) is 47.3 Å². The van der Waals surface area contributed by atoms with Crippen molar-refractivity contribution in [1.82, 2.24) is 14.7 Å². The molecule has 4 nitrogen and oxygen atoms in total. The third-order valence-electron chi connectivity index (χ3n) is 4.03. The van der Waals surface area contributed by atoms with Gasteiger partial charge in [-0.3, -0.25) is 4.79 Å². The molecule has 1 aliphatic rings. The molecule has 2 heterocycles. The predicted octanol–water partition coefficient (Wildman–Crippen LogP) is 3.12. The molecule has 0 saturated carbocycles. The topological polar surface area (TPSA) is 38.1 Å². The molecule has 0 radical (unpaired) electrons. The van der Waals surface area contributed by atoms with Gasteiger partial charge in [0.25, 0.3) is 5.91 Å². The summed E-state index contributed by atoms with van der Waals surface area (Å²) < 4.78 is 1.84. The Labute approximate surface area is 125 Å².